The van der Waals surface area contributed by atoms with E-state index in [1.54, 1.807) is 0 Å². The molecule has 0 atom stereocenters. The van der Waals surface area contributed by atoms with E-state index in [9.17, 15) is 9.59 Å². The molecule has 0 aliphatic rings. The maximum Gasteiger partial charge on any atom is 0.341 e. The lowest BCUT2D eigenvalue weighted by Gasteiger charge is -2.03. The van der Waals surface area contributed by atoms with Crippen LogP contribution in [0.4, 0.5) is 0 Å². The van der Waals surface area contributed by atoms with Gasteiger partial charge in [0.15, 0.2) is 0 Å². The first-order valence-electron chi connectivity index (χ1n) is 5.24. The Kier molecular flexibility index (Phi) is 3.72. The molecule has 0 amide bonds. The zero-order valence-electron chi connectivity index (χ0n) is 9.75. The van der Waals surface area contributed by atoms with E-state index >= 15 is 0 Å². The number of ether oxygens (including phenoxy) is 2. The van der Waals surface area contributed by atoms with Gasteiger partial charge in [0.1, 0.15) is 0 Å². The van der Waals surface area contributed by atoms with E-state index in [1.165, 1.54) is 24.8 Å². The minimum Gasteiger partial charge on any atom is -0.392 e. The van der Waals surface area contributed by atoms with Crippen molar-refractivity contribution in [3.05, 3.63) is 36.9 Å². The van der Waals surface area contributed by atoms with Crippen LogP contribution in [0.1, 0.15) is 6.42 Å². The normalized spacial score (nSPS) is 9.89. The minimum atomic E-state index is -0.758. The number of H-pyrrole nitrogens is 2. The monoisotopic (exact) mass is 262 g/mol. The molecular weight excluding hydrogens is 252 g/mol. The van der Waals surface area contributed by atoms with Gasteiger partial charge in [-0.2, -0.15) is 0 Å². The van der Waals surface area contributed by atoms with Gasteiger partial charge in [0.25, 0.3) is 0 Å². The highest BCUT2D eigenvalue weighted by Gasteiger charge is 2.16. The Hall–Kier alpha value is -2.90. The largest absolute Gasteiger partial charge is 0.392 e. The topological polar surface area (TPSA) is 110 Å². The smallest absolute Gasteiger partial charge is 0.341 e. The first-order chi connectivity index (χ1) is 9.15. The van der Waals surface area contributed by atoms with Crippen LogP contribution in [-0.2, 0) is 9.59 Å². The summed E-state index contributed by atoms with van der Waals surface area (Å²) in [5, 5.41) is 0. The van der Waals surface area contributed by atoms with E-state index in [0.717, 1.165) is 0 Å². The quantitative estimate of drug-likeness (QED) is 0.602. The predicted octanol–water partition coefficient (Wildman–Crippen LogP) is 0.590. The van der Waals surface area contributed by atoms with Crippen molar-refractivity contribution >= 4 is 11.9 Å². The van der Waals surface area contributed by atoms with Crippen LogP contribution in [0.5, 0.6) is 12.0 Å². The van der Waals surface area contributed by atoms with E-state index in [1.807, 2.05) is 0 Å². The van der Waals surface area contributed by atoms with Crippen LogP contribution in [-0.4, -0.2) is 31.9 Å². The molecule has 2 rings (SSSR count). The first-order valence-corrected chi connectivity index (χ1v) is 5.24. The van der Waals surface area contributed by atoms with Crippen LogP contribution in [0.3, 0.4) is 0 Å². The van der Waals surface area contributed by atoms with Crippen LogP contribution in [0.25, 0.3) is 0 Å². The highest BCUT2D eigenvalue weighted by molar-refractivity contribution is 5.94. The molecule has 0 fully saturated rings. The molecule has 0 bridgehead atoms. The van der Waals surface area contributed by atoms with Gasteiger partial charge in [-0.3, -0.25) is 4.79 Å². The molecule has 0 aromatic carbocycles. The maximum atomic E-state index is 11.5. The molecule has 0 radical (unpaired) electrons. The number of hydrogen-bond donors (Lipinski definition) is 2. The second-order valence-corrected chi connectivity index (χ2v) is 3.43. The van der Waals surface area contributed by atoms with Crippen LogP contribution in [0.2, 0.25) is 0 Å². The van der Waals surface area contributed by atoms with Crippen LogP contribution in [0.15, 0.2) is 36.9 Å². The highest BCUT2D eigenvalue weighted by Crippen LogP contribution is 2.08. The van der Waals surface area contributed by atoms with Gasteiger partial charge < -0.3 is 19.4 Å². The molecule has 0 unspecified atom stereocenters. The third kappa shape index (κ3) is 3.53. The standard InChI is InChI=1S/C11H10N4O4/c1-7(9(17)19-11-14-4-5-15-11)6-8(16)18-10-12-2-3-13-10/h2-5H,1,6H2,(H,12,13)(H,14,15). The van der Waals surface area contributed by atoms with Gasteiger partial charge in [0.2, 0.25) is 0 Å². The summed E-state index contributed by atoms with van der Waals surface area (Å²) in [5.74, 6) is -1.43. The molecule has 0 aliphatic carbocycles. The zero-order valence-corrected chi connectivity index (χ0v) is 9.75. The second kappa shape index (κ2) is 5.63. The highest BCUT2D eigenvalue weighted by atomic mass is 16.6. The third-order valence-electron chi connectivity index (χ3n) is 1.99. The first kappa shape index (κ1) is 12.6. The number of carbonyl (C=O) groups is 2. The molecule has 2 heterocycles. The van der Waals surface area contributed by atoms with Gasteiger partial charge in [0, 0.05) is 30.4 Å². The molecule has 19 heavy (non-hydrogen) atoms. The molecule has 0 saturated carbocycles. The number of imidazole rings is 2. The number of esters is 2. The molecule has 2 N–H and O–H groups in total. The zero-order chi connectivity index (χ0) is 13.7. The molecule has 0 saturated heterocycles. The number of rotatable bonds is 5. The Morgan fingerprint density at radius 3 is 2.21 bits per heavy atom. The average Bonchev–Trinajstić information content (AvgIpc) is 3.01. The van der Waals surface area contributed by atoms with Gasteiger partial charge >= 0.3 is 24.0 Å². The molecule has 2 aromatic rings. The van der Waals surface area contributed by atoms with Gasteiger partial charge in [-0.1, -0.05) is 6.58 Å². The lowest BCUT2D eigenvalue weighted by atomic mass is 10.2. The van der Waals surface area contributed by atoms with Gasteiger partial charge in [-0.25, -0.2) is 14.8 Å². The van der Waals surface area contributed by atoms with Crippen molar-refractivity contribution in [2.45, 2.75) is 6.42 Å². The SMILES string of the molecule is C=C(CC(=O)Oc1ncc[nH]1)C(=O)Oc1ncc[nH]1. The average molecular weight is 262 g/mol. The number of hydrogen-bond acceptors (Lipinski definition) is 6. The van der Waals surface area contributed by atoms with E-state index in [2.05, 4.69) is 26.5 Å². The minimum absolute atomic E-state index is 0.0329. The van der Waals surface area contributed by atoms with Crippen molar-refractivity contribution in [1.29, 1.82) is 0 Å². The number of carbonyl (C=O) groups excluding carboxylic acids is 2. The summed E-state index contributed by atoms with van der Waals surface area (Å²) < 4.78 is 9.63. The summed E-state index contributed by atoms with van der Waals surface area (Å²) in [6.45, 7) is 3.46. The van der Waals surface area contributed by atoms with Crippen molar-refractivity contribution < 1.29 is 19.1 Å². The third-order valence-corrected chi connectivity index (χ3v) is 1.99. The fraction of sp³-hybridized carbons (Fsp3) is 0.0909. The van der Waals surface area contributed by atoms with Gasteiger partial charge in [-0.15, -0.1) is 0 Å². The fourth-order valence-electron chi connectivity index (χ4n) is 1.16. The number of nitrogens with zero attached hydrogens (tertiary/aromatic N) is 2. The second-order valence-electron chi connectivity index (χ2n) is 3.43. The summed E-state index contributed by atoms with van der Waals surface area (Å²) in [6.07, 6.45) is 5.55. The molecule has 8 nitrogen and oxygen atoms in total. The van der Waals surface area contributed by atoms with Gasteiger partial charge in [-0.05, 0) is 0 Å². The Balaban J connectivity index is 1.83. The van der Waals surface area contributed by atoms with E-state index in [4.69, 9.17) is 9.47 Å². The summed E-state index contributed by atoms with van der Waals surface area (Å²) in [4.78, 5) is 35.6. The Morgan fingerprint density at radius 2 is 1.68 bits per heavy atom. The number of aromatic amines is 2. The van der Waals surface area contributed by atoms with Crippen LogP contribution >= 0.6 is 0 Å². The van der Waals surface area contributed by atoms with Crippen LogP contribution in [0, 0.1) is 0 Å². The van der Waals surface area contributed by atoms with Crippen molar-refractivity contribution in [2.24, 2.45) is 0 Å². The molecule has 0 spiro atoms. The van der Waals surface area contributed by atoms with Crippen LogP contribution < -0.4 is 9.47 Å². The summed E-state index contributed by atoms with van der Waals surface area (Å²) >= 11 is 0. The summed E-state index contributed by atoms with van der Waals surface area (Å²) in [7, 11) is 0. The number of nitrogens with one attached hydrogen (secondary N) is 2. The molecule has 0 aliphatic heterocycles. The van der Waals surface area contributed by atoms with E-state index in [-0.39, 0.29) is 24.0 Å². The van der Waals surface area contributed by atoms with Crippen molar-refractivity contribution in [1.82, 2.24) is 19.9 Å². The molecule has 8 heteroatoms. The van der Waals surface area contributed by atoms with E-state index < -0.39 is 11.9 Å². The molecule has 2 aromatic heterocycles. The van der Waals surface area contributed by atoms with Crippen molar-refractivity contribution in [3.8, 4) is 12.0 Å². The summed E-state index contributed by atoms with van der Waals surface area (Å²) in [5.41, 5.74) is -0.0482. The lowest BCUT2D eigenvalue weighted by Crippen LogP contribution is -2.17. The van der Waals surface area contributed by atoms with E-state index in [0.29, 0.717) is 0 Å². The fourth-order valence-corrected chi connectivity index (χ4v) is 1.16. The lowest BCUT2D eigenvalue weighted by molar-refractivity contribution is -0.137. The Morgan fingerprint density at radius 1 is 1.11 bits per heavy atom. The molecule has 98 valence electrons. The molecular formula is C11H10N4O4. The predicted molar refractivity (Wildman–Crippen MR) is 62.2 cm³/mol. The van der Waals surface area contributed by atoms with Crippen molar-refractivity contribution in [3.63, 3.8) is 0 Å². The maximum absolute atomic E-state index is 11.5. The Labute approximate surface area is 107 Å². The Bertz CT molecular complexity index is 574. The van der Waals surface area contributed by atoms with Gasteiger partial charge in [0.05, 0.1) is 6.42 Å². The van der Waals surface area contributed by atoms with Crippen molar-refractivity contribution in [2.75, 3.05) is 0 Å². The number of aromatic nitrogens is 4. The summed E-state index contributed by atoms with van der Waals surface area (Å²) in [6, 6.07) is 0.0859.